The number of hydrogen-bond donors (Lipinski definition) is 0. The predicted molar refractivity (Wildman–Crippen MR) is 52.8 cm³/mol. The van der Waals surface area contributed by atoms with Crippen molar-refractivity contribution in [3.8, 4) is 5.75 Å². The minimum Gasteiger partial charge on any atom is -0.497 e. The van der Waals surface area contributed by atoms with Crippen LogP contribution in [0, 0.1) is 0 Å². The number of Topliss-reactive ketones (excluding diaryl/α,β-unsaturated/α-hetero) is 2. The Morgan fingerprint density at radius 2 is 1.71 bits per heavy atom. The minimum atomic E-state index is -5.11. The number of alkyl halides is 3. The van der Waals surface area contributed by atoms with Crippen molar-refractivity contribution in [2.75, 3.05) is 7.11 Å². The fraction of sp³-hybridized carbons (Fsp3) is 0.273. The van der Waals surface area contributed by atoms with Crippen LogP contribution < -0.4 is 4.74 Å². The van der Waals surface area contributed by atoms with E-state index in [2.05, 4.69) is 0 Å². The molecule has 0 bridgehead atoms. The maximum Gasteiger partial charge on any atom is 0.458 e. The number of ketones is 2. The monoisotopic (exact) mass is 246 g/mol. The molecule has 0 unspecified atom stereocenters. The highest BCUT2D eigenvalue weighted by Crippen LogP contribution is 2.18. The highest BCUT2D eigenvalue weighted by Gasteiger charge is 2.42. The van der Waals surface area contributed by atoms with Crippen LogP contribution in [-0.4, -0.2) is 24.9 Å². The van der Waals surface area contributed by atoms with Gasteiger partial charge in [-0.3, -0.25) is 9.59 Å². The van der Waals surface area contributed by atoms with Gasteiger partial charge in [-0.05, 0) is 17.7 Å². The Morgan fingerprint density at radius 1 is 1.18 bits per heavy atom. The molecule has 0 heterocycles. The predicted octanol–water partition coefficient (Wildman–Crippen LogP) is 1.94. The molecule has 0 atom stereocenters. The molecule has 6 heteroatoms. The normalized spacial score (nSPS) is 11.1. The molecule has 1 rings (SSSR count). The molecule has 92 valence electrons. The fourth-order valence-electron chi connectivity index (χ4n) is 1.17. The van der Waals surface area contributed by atoms with Crippen molar-refractivity contribution in [2.24, 2.45) is 0 Å². The van der Waals surface area contributed by atoms with Crippen LogP contribution in [0.1, 0.15) is 5.56 Å². The van der Waals surface area contributed by atoms with Gasteiger partial charge >= 0.3 is 12.0 Å². The van der Waals surface area contributed by atoms with Crippen LogP contribution in [0.2, 0.25) is 0 Å². The SMILES string of the molecule is COc1ccc(CC(=O)C(=O)C(F)(F)F)cc1. The lowest BCUT2D eigenvalue weighted by Gasteiger charge is -2.05. The standard InChI is InChI=1S/C11H9F3O3/c1-17-8-4-2-7(3-5-8)6-9(15)10(16)11(12,13)14/h2-5H,6H2,1H3. The van der Waals surface area contributed by atoms with Gasteiger partial charge in [-0.25, -0.2) is 0 Å². The Kier molecular flexibility index (Phi) is 3.88. The Bertz CT molecular complexity index is 421. The van der Waals surface area contributed by atoms with Gasteiger partial charge in [0.2, 0.25) is 5.78 Å². The molecule has 0 amide bonds. The van der Waals surface area contributed by atoms with Crippen molar-refractivity contribution in [2.45, 2.75) is 12.6 Å². The zero-order chi connectivity index (χ0) is 13.1. The van der Waals surface area contributed by atoms with Crippen LogP contribution in [0.25, 0.3) is 0 Å². The van der Waals surface area contributed by atoms with Gasteiger partial charge in [-0.1, -0.05) is 12.1 Å². The van der Waals surface area contributed by atoms with Gasteiger partial charge in [0.25, 0.3) is 0 Å². The van der Waals surface area contributed by atoms with Gasteiger partial charge in [-0.15, -0.1) is 0 Å². The van der Waals surface area contributed by atoms with E-state index in [0.29, 0.717) is 11.3 Å². The van der Waals surface area contributed by atoms with E-state index in [1.807, 2.05) is 0 Å². The molecule has 0 aromatic heterocycles. The second-order valence-electron chi connectivity index (χ2n) is 3.27. The summed E-state index contributed by atoms with van der Waals surface area (Å²) in [6.45, 7) is 0. The lowest BCUT2D eigenvalue weighted by molar-refractivity contribution is -0.174. The number of benzene rings is 1. The zero-order valence-corrected chi connectivity index (χ0v) is 8.88. The second kappa shape index (κ2) is 4.99. The molecule has 1 aromatic carbocycles. The van der Waals surface area contributed by atoms with E-state index in [1.165, 1.54) is 31.4 Å². The summed E-state index contributed by atoms with van der Waals surface area (Å²) in [5.41, 5.74) is 0.327. The molecule has 0 N–H and O–H groups in total. The van der Waals surface area contributed by atoms with Crippen molar-refractivity contribution < 1.29 is 27.5 Å². The molecule has 0 saturated heterocycles. The first-order chi connectivity index (χ1) is 7.84. The van der Waals surface area contributed by atoms with Crippen LogP contribution in [0.3, 0.4) is 0 Å². The molecule has 1 aromatic rings. The number of methoxy groups -OCH3 is 1. The van der Waals surface area contributed by atoms with E-state index in [0.717, 1.165) is 0 Å². The highest BCUT2D eigenvalue weighted by atomic mass is 19.4. The summed E-state index contributed by atoms with van der Waals surface area (Å²) in [6, 6.07) is 5.86. The highest BCUT2D eigenvalue weighted by molar-refractivity contribution is 6.39. The second-order valence-corrected chi connectivity index (χ2v) is 3.27. The van der Waals surface area contributed by atoms with Crippen molar-refractivity contribution in [1.82, 2.24) is 0 Å². The first-order valence-corrected chi connectivity index (χ1v) is 4.62. The summed E-state index contributed by atoms with van der Waals surface area (Å²) in [6.07, 6.45) is -5.67. The summed E-state index contributed by atoms with van der Waals surface area (Å²) < 4.78 is 40.6. The lowest BCUT2D eigenvalue weighted by atomic mass is 10.1. The lowest BCUT2D eigenvalue weighted by Crippen LogP contribution is -2.31. The summed E-state index contributed by atoms with van der Waals surface area (Å²) in [5.74, 6) is -3.28. The Balaban J connectivity index is 2.71. The summed E-state index contributed by atoms with van der Waals surface area (Å²) in [4.78, 5) is 21.6. The summed E-state index contributed by atoms with van der Waals surface area (Å²) >= 11 is 0. The van der Waals surface area contributed by atoms with Crippen LogP contribution in [0.15, 0.2) is 24.3 Å². The molecule has 3 nitrogen and oxygen atoms in total. The summed E-state index contributed by atoms with van der Waals surface area (Å²) in [5, 5.41) is 0. The van der Waals surface area contributed by atoms with E-state index in [1.54, 1.807) is 0 Å². The third-order valence-corrected chi connectivity index (χ3v) is 2.03. The van der Waals surface area contributed by atoms with Crippen LogP contribution in [-0.2, 0) is 16.0 Å². The minimum absolute atomic E-state index is 0.327. The first kappa shape index (κ1) is 13.2. The van der Waals surface area contributed by atoms with Gasteiger partial charge in [0.1, 0.15) is 5.75 Å². The number of carbonyl (C=O) groups is 2. The first-order valence-electron chi connectivity index (χ1n) is 4.62. The van der Waals surface area contributed by atoms with E-state index in [4.69, 9.17) is 4.74 Å². The average molecular weight is 246 g/mol. The fourth-order valence-corrected chi connectivity index (χ4v) is 1.17. The third kappa shape index (κ3) is 3.58. The average Bonchev–Trinajstić information content (AvgIpc) is 2.27. The quantitative estimate of drug-likeness (QED) is 0.762. The molecule has 0 radical (unpaired) electrons. The molecule has 0 saturated carbocycles. The van der Waals surface area contributed by atoms with Crippen molar-refractivity contribution in [1.29, 1.82) is 0 Å². The molecular formula is C11H9F3O3. The van der Waals surface area contributed by atoms with Crippen molar-refractivity contribution >= 4 is 11.6 Å². The van der Waals surface area contributed by atoms with E-state index >= 15 is 0 Å². The van der Waals surface area contributed by atoms with Crippen LogP contribution >= 0.6 is 0 Å². The Morgan fingerprint density at radius 3 is 2.12 bits per heavy atom. The molecule has 0 spiro atoms. The molecule has 17 heavy (non-hydrogen) atoms. The topological polar surface area (TPSA) is 43.4 Å². The van der Waals surface area contributed by atoms with Crippen molar-refractivity contribution in [3.63, 3.8) is 0 Å². The van der Waals surface area contributed by atoms with Gasteiger partial charge in [0.15, 0.2) is 0 Å². The molecule has 0 aliphatic carbocycles. The number of carbonyl (C=O) groups excluding carboxylic acids is 2. The number of halogens is 3. The van der Waals surface area contributed by atoms with Gasteiger partial charge < -0.3 is 4.74 Å². The smallest absolute Gasteiger partial charge is 0.458 e. The number of ether oxygens (including phenoxy) is 1. The molecular weight excluding hydrogens is 237 g/mol. The largest absolute Gasteiger partial charge is 0.497 e. The molecule has 0 aliphatic rings. The van der Waals surface area contributed by atoms with Crippen LogP contribution in [0.4, 0.5) is 13.2 Å². The third-order valence-electron chi connectivity index (χ3n) is 2.03. The number of hydrogen-bond acceptors (Lipinski definition) is 3. The molecule has 0 aliphatic heterocycles. The summed E-state index contributed by atoms with van der Waals surface area (Å²) in [7, 11) is 1.44. The maximum atomic E-state index is 11.9. The molecule has 0 fully saturated rings. The number of rotatable bonds is 4. The van der Waals surface area contributed by atoms with Gasteiger partial charge in [0, 0.05) is 6.42 Å². The van der Waals surface area contributed by atoms with E-state index in [9.17, 15) is 22.8 Å². The Hall–Kier alpha value is -1.85. The zero-order valence-electron chi connectivity index (χ0n) is 8.88. The van der Waals surface area contributed by atoms with E-state index < -0.39 is 24.2 Å². The van der Waals surface area contributed by atoms with Crippen LogP contribution in [0.5, 0.6) is 5.75 Å². The van der Waals surface area contributed by atoms with Crippen molar-refractivity contribution in [3.05, 3.63) is 29.8 Å². The van der Waals surface area contributed by atoms with E-state index in [-0.39, 0.29) is 0 Å². The Labute approximate surface area is 95.2 Å². The van der Waals surface area contributed by atoms with Gasteiger partial charge in [-0.2, -0.15) is 13.2 Å². The van der Waals surface area contributed by atoms with Gasteiger partial charge in [0.05, 0.1) is 7.11 Å². The maximum absolute atomic E-state index is 11.9.